The highest BCUT2D eigenvalue weighted by Crippen LogP contribution is 2.18. The van der Waals surface area contributed by atoms with Crippen LogP contribution in [0.2, 0.25) is 0 Å². The molecule has 0 saturated carbocycles. The zero-order valence-corrected chi connectivity index (χ0v) is 9.31. The Kier molecular flexibility index (Phi) is 3.85. The van der Waals surface area contributed by atoms with Crippen molar-refractivity contribution in [3.05, 3.63) is 29.3 Å². The Hall–Kier alpha value is -0.940. The molecule has 0 amide bonds. The van der Waals surface area contributed by atoms with Gasteiger partial charge in [-0.2, -0.15) is 0 Å². The zero-order chi connectivity index (χ0) is 9.68. The molecule has 0 aromatic heterocycles. The van der Waals surface area contributed by atoms with Crippen molar-refractivity contribution in [2.45, 2.75) is 6.92 Å². The van der Waals surface area contributed by atoms with Gasteiger partial charge >= 0.3 is 0 Å². The summed E-state index contributed by atoms with van der Waals surface area (Å²) in [5, 5.41) is 0.698. The molecule has 0 unspecified atom stereocenters. The Bertz CT molecular complexity index is 347. The summed E-state index contributed by atoms with van der Waals surface area (Å²) in [6.45, 7) is 2.01. The predicted molar refractivity (Wildman–Crippen MR) is 58.4 cm³/mol. The largest absolute Gasteiger partial charge is 0.496 e. The molecule has 0 aliphatic rings. The van der Waals surface area contributed by atoms with E-state index in [-0.39, 0.29) is 0 Å². The van der Waals surface area contributed by atoms with E-state index < -0.39 is 0 Å². The Labute approximate surface area is 87.2 Å². The lowest BCUT2D eigenvalue weighted by molar-refractivity contribution is 0.411. The van der Waals surface area contributed by atoms with E-state index in [1.165, 1.54) is 0 Å². The first-order valence-electron chi connectivity index (χ1n) is 3.97. The maximum atomic E-state index is 5.19. The van der Waals surface area contributed by atoms with Gasteiger partial charge in [0.15, 0.2) is 0 Å². The molecule has 1 aromatic carbocycles. The van der Waals surface area contributed by atoms with Crippen molar-refractivity contribution in [2.75, 3.05) is 12.4 Å². The van der Waals surface area contributed by atoms with Crippen molar-refractivity contribution in [1.29, 1.82) is 0 Å². The molecule has 0 N–H and O–H groups in total. The van der Waals surface area contributed by atoms with E-state index in [4.69, 9.17) is 4.74 Å². The van der Waals surface area contributed by atoms with E-state index in [2.05, 4.69) is 27.8 Å². The molecule has 68 valence electrons. The molecule has 0 atom stereocenters. The van der Waals surface area contributed by atoms with Crippen molar-refractivity contribution >= 4 is 15.9 Å². The highest BCUT2D eigenvalue weighted by molar-refractivity contribution is 9.09. The monoisotopic (exact) mass is 238 g/mol. The summed E-state index contributed by atoms with van der Waals surface area (Å²) in [4.78, 5) is 0. The lowest BCUT2D eigenvalue weighted by atomic mass is 10.1. The number of ether oxygens (including phenoxy) is 1. The Morgan fingerprint density at radius 1 is 1.46 bits per heavy atom. The number of benzene rings is 1. The maximum Gasteiger partial charge on any atom is 0.123 e. The third-order valence-corrected chi connectivity index (χ3v) is 1.99. The maximum absolute atomic E-state index is 5.19. The molecule has 0 aliphatic carbocycles. The van der Waals surface area contributed by atoms with Gasteiger partial charge < -0.3 is 4.74 Å². The van der Waals surface area contributed by atoms with Crippen LogP contribution in [-0.4, -0.2) is 12.4 Å². The van der Waals surface area contributed by atoms with Gasteiger partial charge in [-0.3, -0.25) is 0 Å². The van der Waals surface area contributed by atoms with Crippen molar-refractivity contribution < 1.29 is 4.74 Å². The highest BCUT2D eigenvalue weighted by atomic mass is 79.9. The van der Waals surface area contributed by atoms with Crippen LogP contribution in [0.1, 0.15) is 11.1 Å². The van der Waals surface area contributed by atoms with Crippen molar-refractivity contribution in [1.82, 2.24) is 0 Å². The van der Waals surface area contributed by atoms with Gasteiger partial charge in [0.1, 0.15) is 5.75 Å². The molecule has 0 spiro atoms. The molecule has 2 heteroatoms. The lowest BCUT2D eigenvalue weighted by Crippen LogP contribution is -1.87. The van der Waals surface area contributed by atoms with Gasteiger partial charge in [0, 0.05) is 5.56 Å². The first-order chi connectivity index (χ1) is 6.27. The van der Waals surface area contributed by atoms with E-state index >= 15 is 0 Å². The second-order valence-electron chi connectivity index (χ2n) is 2.62. The molecule has 1 nitrogen and oxygen atoms in total. The van der Waals surface area contributed by atoms with Crippen molar-refractivity contribution in [3.63, 3.8) is 0 Å². The van der Waals surface area contributed by atoms with Crippen LogP contribution in [0.3, 0.4) is 0 Å². The minimum absolute atomic E-state index is 0.698. The summed E-state index contributed by atoms with van der Waals surface area (Å²) in [6.07, 6.45) is 0. The first kappa shape index (κ1) is 10.1. The van der Waals surface area contributed by atoms with Gasteiger partial charge in [0.05, 0.1) is 12.4 Å². The van der Waals surface area contributed by atoms with Crippen LogP contribution < -0.4 is 4.74 Å². The number of hydrogen-bond acceptors (Lipinski definition) is 1. The van der Waals surface area contributed by atoms with Gasteiger partial charge in [-0.05, 0) is 24.6 Å². The second kappa shape index (κ2) is 4.94. The fourth-order valence-corrected chi connectivity index (χ4v) is 1.17. The molecule has 0 bridgehead atoms. The minimum Gasteiger partial charge on any atom is -0.496 e. The molecule has 13 heavy (non-hydrogen) atoms. The Balaban J connectivity index is 2.99. The van der Waals surface area contributed by atoms with Crippen molar-refractivity contribution in [3.8, 4) is 17.6 Å². The van der Waals surface area contributed by atoms with Crippen LogP contribution in [0, 0.1) is 18.8 Å². The van der Waals surface area contributed by atoms with Gasteiger partial charge in [-0.15, -0.1) is 0 Å². The van der Waals surface area contributed by atoms with Gasteiger partial charge in [0.25, 0.3) is 0 Å². The smallest absolute Gasteiger partial charge is 0.123 e. The summed E-state index contributed by atoms with van der Waals surface area (Å²) in [5.74, 6) is 6.86. The number of halogens is 1. The number of hydrogen-bond donors (Lipinski definition) is 0. The summed E-state index contributed by atoms with van der Waals surface area (Å²) in [7, 11) is 1.67. The summed E-state index contributed by atoms with van der Waals surface area (Å²) >= 11 is 3.25. The highest BCUT2D eigenvalue weighted by Gasteiger charge is 1.97. The SMILES string of the molecule is COc1cc(C#CCBr)ccc1C. The van der Waals surface area contributed by atoms with E-state index in [9.17, 15) is 0 Å². The Morgan fingerprint density at radius 2 is 2.23 bits per heavy atom. The molecular formula is C11H11BrO. The minimum atomic E-state index is 0.698. The Morgan fingerprint density at radius 3 is 2.85 bits per heavy atom. The molecule has 0 heterocycles. The standard InChI is InChI=1S/C11H11BrO/c1-9-5-6-10(4-3-7-12)8-11(9)13-2/h5-6,8H,7H2,1-2H3. The number of aryl methyl sites for hydroxylation is 1. The van der Waals surface area contributed by atoms with E-state index in [1.807, 2.05) is 25.1 Å². The normalized spacial score (nSPS) is 8.85. The van der Waals surface area contributed by atoms with Crippen LogP contribution >= 0.6 is 15.9 Å². The fourth-order valence-electron chi connectivity index (χ4n) is 1.03. The average Bonchev–Trinajstić information content (AvgIpc) is 2.16. The summed E-state index contributed by atoms with van der Waals surface area (Å²) in [6, 6.07) is 5.95. The number of rotatable bonds is 1. The zero-order valence-electron chi connectivity index (χ0n) is 7.73. The summed E-state index contributed by atoms with van der Waals surface area (Å²) in [5.41, 5.74) is 2.12. The molecule has 0 fully saturated rings. The molecule has 0 radical (unpaired) electrons. The second-order valence-corrected chi connectivity index (χ2v) is 3.18. The van der Waals surface area contributed by atoms with E-state index in [1.54, 1.807) is 7.11 Å². The van der Waals surface area contributed by atoms with E-state index in [0.29, 0.717) is 5.33 Å². The topological polar surface area (TPSA) is 9.23 Å². The van der Waals surface area contributed by atoms with Gasteiger partial charge in [0.2, 0.25) is 0 Å². The molecule has 1 aromatic rings. The van der Waals surface area contributed by atoms with Crippen LogP contribution in [0.5, 0.6) is 5.75 Å². The van der Waals surface area contributed by atoms with Crippen LogP contribution in [0.25, 0.3) is 0 Å². The van der Waals surface area contributed by atoms with Gasteiger partial charge in [-0.1, -0.05) is 33.8 Å². The third-order valence-electron chi connectivity index (χ3n) is 1.71. The lowest BCUT2D eigenvalue weighted by Gasteiger charge is -2.03. The summed E-state index contributed by atoms with van der Waals surface area (Å²) < 4.78 is 5.19. The molecule has 0 saturated heterocycles. The number of alkyl halides is 1. The molecular weight excluding hydrogens is 228 g/mol. The third kappa shape index (κ3) is 2.78. The average molecular weight is 239 g/mol. The first-order valence-corrected chi connectivity index (χ1v) is 5.09. The fraction of sp³-hybridized carbons (Fsp3) is 0.273. The van der Waals surface area contributed by atoms with E-state index in [0.717, 1.165) is 16.9 Å². The van der Waals surface area contributed by atoms with Gasteiger partial charge in [-0.25, -0.2) is 0 Å². The van der Waals surface area contributed by atoms with Crippen LogP contribution in [0.15, 0.2) is 18.2 Å². The number of methoxy groups -OCH3 is 1. The van der Waals surface area contributed by atoms with Crippen molar-refractivity contribution in [2.24, 2.45) is 0 Å². The molecule has 1 rings (SSSR count). The van der Waals surface area contributed by atoms with Crippen LogP contribution in [0.4, 0.5) is 0 Å². The quantitative estimate of drug-likeness (QED) is 0.540. The van der Waals surface area contributed by atoms with Crippen LogP contribution in [-0.2, 0) is 0 Å². The predicted octanol–water partition coefficient (Wildman–Crippen LogP) is 2.75. The molecule has 0 aliphatic heterocycles.